The summed E-state index contributed by atoms with van der Waals surface area (Å²) in [6, 6.07) is 0.515. The highest BCUT2D eigenvalue weighted by Crippen LogP contribution is 1.99. The maximum absolute atomic E-state index is 4.29. The van der Waals surface area contributed by atoms with Gasteiger partial charge in [-0.05, 0) is 19.9 Å². The van der Waals surface area contributed by atoms with Crippen molar-refractivity contribution < 1.29 is 0 Å². The average Bonchev–Trinajstić information content (AvgIpc) is 2.48. The topological polar surface area (TPSA) is 29.9 Å². The average molecular weight is 181 g/mol. The minimum Gasteiger partial charge on any atom is -0.338 e. The highest BCUT2D eigenvalue weighted by Gasteiger charge is 2.05. The van der Waals surface area contributed by atoms with Gasteiger partial charge >= 0.3 is 0 Å². The van der Waals surface area contributed by atoms with Gasteiger partial charge in [0, 0.05) is 31.9 Å². The molecular weight excluding hydrogens is 162 g/mol. The van der Waals surface area contributed by atoms with E-state index >= 15 is 0 Å². The van der Waals surface area contributed by atoms with Crippen LogP contribution >= 0.6 is 0 Å². The van der Waals surface area contributed by atoms with E-state index in [-0.39, 0.29) is 0 Å². The lowest BCUT2D eigenvalue weighted by Gasteiger charge is -2.12. The van der Waals surface area contributed by atoms with E-state index in [0.717, 1.165) is 18.8 Å². The molecule has 0 amide bonds. The first-order chi connectivity index (χ1) is 6.24. The van der Waals surface area contributed by atoms with Gasteiger partial charge in [-0.25, -0.2) is 4.98 Å². The van der Waals surface area contributed by atoms with E-state index in [1.54, 1.807) is 0 Å². The number of rotatable bonds is 5. The van der Waals surface area contributed by atoms with Crippen molar-refractivity contribution >= 4 is 0 Å². The molecule has 1 aromatic heterocycles. The second kappa shape index (κ2) is 5.02. The summed E-state index contributed by atoms with van der Waals surface area (Å²) in [4.78, 5) is 4.29. The Hall–Kier alpha value is -0.830. The molecule has 0 spiro atoms. The van der Waals surface area contributed by atoms with Crippen molar-refractivity contribution in [2.24, 2.45) is 7.05 Å². The van der Waals surface area contributed by atoms with E-state index in [1.165, 1.54) is 6.42 Å². The first kappa shape index (κ1) is 10.3. The molecule has 1 rings (SSSR count). The molecule has 0 fully saturated rings. The van der Waals surface area contributed by atoms with Gasteiger partial charge < -0.3 is 9.88 Å². The molecule has 0 saturated carbocycles. The summed E-state index contributed by atoms with van der Waals surface area (Å²) in [6.07, 6.45) is 6.03. The molecule has 3 heteroatoms. The molecule has 3 nitrogen and oxygen atoms in total. The number of aromatic nitrogens is 2. The summed E-state index contributed by atoms with van der Waals surface area (Å²) >= 11 is 0. The van der Waals surface area contributed by atoms with Gasteiger partial charge in [0.15, 0.2) is 0 Å². The number of imidazole rings is 1. The third-order valence-electron chi connectivity index (χ3n) is 2.15. The molecular formula is C10H19N3. The first-order valence-corrected chi connectivity index (χ1v) is 4.93. The van der Waals surface area contributed by atoms with Crippen molar-refractivity contribution in [1.82, 2.24) is 14.9 Å². The van der Waals surface area contributed by atoms with Crippen LogP contribution < -0.4 is 5.32 Å². The molecule has 0 aliphatic rings. The maximum atomic E-state index is 4.29. The Balaban J connectivity index is 2.36. The van der Waals surface area contributed by atoms with Gasteiger partial charge in [0.2, 0.25) is 0 Å². The Morgan fingerprint density at radius 3 is 2.92 bits per heavy atom. The predicted octanol–water partition coefficient (Wildman–Crippen LogP) is 1.35. The van der Waals surface area contributed by atoms with Crippen LogP contribution in [0.15, 0.2) is 12.4 Å². The summed E-state index contributed by atoms with van der Waals surface area (Å²) in [7, 11) is 2.04. The Bertz CT molecular complexity index is 242. The van der Waals surface area contributed by atoms with Crippen LogP contribution in [0.3, 0.4) is 0 Å². The van der Waals surface area contributed by atoms with Crippen molar-refractivity contribution in [1.29, 1.82) is 0 Å². The SMILES string of the molecule is CCCNC(C)Cc1nccn1C. The Morgan fingerprint density at radius 1 is 1.62 bits per heavy atom. The van der Waals surface area contributed by atoms with Crippen molar-refractivity contribution in [3.63, 3.8) is 0 Å². The van der Waals surface area contributed by atoms with Gasteiger partial charge in [0.1, 0.15) is 5.82 Å². The summed E-state index contributed by atoms with van der Waals surface area (Å²) in [5.74, 6) is 1.15. The van der Waals surface area contributed by atoms with Crippen molar-refractivity contribution in [3.8, 4) is 0 Å². The molecule has 0 saturated heterocycles. The fraction of sp³-hybridized carbons (Fsp3) is 0.700. The van der Waals surface area contributed by atoms with E-state index in [1.807, 2.05) is 19.4 Å². The minimum atomic E-state index is 0.515. The molecule has 0 radical (unpaired) electrons. The largest absolute Gasteiger partial charge is 0.338 e. The third-order valence-corrected chi connectivity index (χ3v) is 2.15. The molecule has 1 N–H and O–H groups in total. The van der Waals surface area contributed by atoms with Crippen LogP contribution in [0.2, 0.25) is 0 Å². The molecule has 0 aliphatic heterocycles. The zero-order chi connectivity index (χ0) is 9.68. The molecule has 1 heterocycles. The van der Waals surface area contributed by atoms with Gasteiger partial charge in [0.05, 0.1) is 0 Å². The normalized spacial score (nSPS) is 13.2. The van der Waals surface area contributed by atoms with Crippen LogP contribution in [0, 0.1) is 0 Å². The lowest BCUT2D eigenvalue weighted by atomic mass is 10.2. The Labute approximate surface area is 80.2 Å². The van der Waals surface area contributed by atoms with E-state index in [0.29, 0.717) is 6.04 Å². The molecule has 0 aromatic carbocycles. The van der Waals surface area contributed by atoms with Gasteiger partial charge in [-0.3, -0.25) is 0 Å². The summed E-state index contributed by atoms with van der Waals surface area (Å²) in [6.45, 7) is 5.47. The van der Waals surface area contributed by atoms with Crippen LogP contribution in [-0.2, 0) is 13.5 Å². The van der Waals surface area contributed by atoms with E-state index in [4.69, 9.17) is 0 Å². The lowest BCUT2D eigenvalue weighted by Crippen LogP contribution is -2.29. The number of hydrogen-bond acceptors (Lipinski definition) is 2. The number of nitrogens with one attached hydrogen (secondary N) is 1. The summed E-state index contributed by atoms with van der Waals surface area (Å²) in [5, 5.41) is 3.44. The molecule has 74 valence electrons. The van der Waals surface area contributed by atoms with Gasteiger partial charge in [0.25, 0.3) is 0 Å². The summed E-state index contributed by atoms with van der Waals surface area (Å²) in [5.41, 5.74) is 0. The van der Waals surface area contributed by atoms with Crippen LogP contribution in [-0.4, -0.2) is 22.1 Å². The summed E-state index contributed by atoms with van der Waals surface area (Å²) < 4.78 is 2.07. The monoisotopic (exact) mass is 181 g/mol. The highest BCUT2D eigenvalue weighted by molar-refractivity contribution is 4.93. The van der Waals surface area contributed by atoms with E-state index in [2.05, 4.69) is 28.7 Å². The Kier molecular flexibility index (Phi) is 3.96. The maximum Gasteiger partial charge on any atom is 0.109 e. The second-order valence-electron chi connectivity index (χ2n) is 3.51. The van der Waals surface area contributed by atoms with E-state index in [9.17, 15) is 0 Å². The van der Waals surface area contributed by atoms with Crippen LogP contribution in [0.5, 0.6) is 0 Å². The van der Waals surface area contributed by atoms with Crippen LogP contribution in [0.25, 0.3) is 0 Å². The van der Waals surface area contributed by atoms with Gasteiger partial charge in [-0.1, -0.05) is 6.92 Å². The molecule has 1 aromatic rings. The fourth-order valence-corrected chi connectivity index (χ4v) is 1.33. The van der Waals surface area contributed by atoms with Gasteiger partial charge in [-0.15, -0.1) is 0 Å². The van der Waals surface area contributed by atoms with Gasteiger partial charge in [-0.2, -0.15) is 0 Å². The fourth-order valence-electron chi connectivity index (χ4n) is 1.33. The second-order valence-corrected chi connectivity index (χ2v) is 3.51. The number of hydrogen-bond donors (Lipinski definition) is 1. The highest BCUT2D eigenvalue weighted by atomic mass is 15.0. The smallest absolute Gasteiger partial charge is 0.109 e. The molecule has 13 heavy (non-hydrogen) atoms. The molecule has 1 unspecified atom stereocenters. The molecule has 1 atom stereocenters. The zero-order valence-corrected chi connectivity index (χ0v) is 8.75. The van der Waals surface area contributed by atoms with Crippen LogP contribution in [0.4, 0.5) is 0 Å². The van der Waals surface area contributed by atoms with Crippen LogP contribution in [0.1, 0.15) is 26.1 Å². The predicted molar refractivity (Wildman–Crippen MR) is 54.7 cm³/mol. The number of nitrogens with zero attached hydrogens (tertiary/aromatic N) is 2. The lowest BCUT2D eigenvalue weighted by molar-refractivity contribution is 0.526. The standard InChI is InChI=1S/C10H19N3/c1-4-5-11-9(2)8-10-12-6-7-13(10)3/h6-7,9,11H,4-5,8H2,1-3H3. The molecule has 0 bridgehead atoms. The quantitative estimate of drug-likeness (QED) is 0.743. The Morgan fingerprint density at radius 2 is 2.38 bits per heavy atom. The van der Waals surface area contributed by atoms with Crippen molar-refractivity contribution in [2.45, 2.75) is 32.7 Å². The van der Waals surface area contributed by atoms with Crippen molar-refractivity contribution in [3.05, 3.63) is 18.2 Å². The number of aryl methyl sites for hydroxylation is 1. The zero-order valence-electron chi connectivity index (χ0n) is 8.75. The minimum absolute atomic E-state index is 0.515. The molecule has 0 aliphatic carbocycles. The first-order valence-electron chi connectivity index (χ1n) is 4.93. The van der Waals surface area contributed by atoms with Crippen molar-refractivity contribution in [2.75, 3.05) is 6.54 Å². The third kappa shape index (κ3) is 3.19. The van der Waals surface area contributed by atoms with E-state index < -0.39 is 0 Å².